The number of rotatable bonds is 8. The normalized spacial score (nSPS) is 12.0. The first-order valence-electron chi connectivity index (χ1n) is 8.77. The monoisotopic (exact) mass is 429 g/mol. The zero-order chi connectivity index (χ0) is 23.0. The number of nitrogens with one attached hydrogen (secondary N) is 1. The summed E-state index contributed by atoms with van der Waals surface area (Å²) in [6, 6.07) is 7.72. The van der Waals surface area contributed by atoms with Crippen LogP contribution in [0, 0.1) is 0 Å². The predicted octanol–water partition coefficient (Wildman–Crippen LogP) is 1.35. The number of aliphatic carboxylic acids is 1. The Hall–Kier alpha value is -4.47. The highest BCUT2D eigenvalue weighted by Crippen LogP contribution is 2.26. The van der Waals surface area contributed by atoms with Crippen LogP contribution in [0.3, 0.4) is 0 Å². The van der Waals surface area contributed by atoms with Gasteiger partial charge in [-0.2, -0.15) is 0 Å². The van der Waals surface area contributed by atoms with Gasteiger partial charge in [0.25, 0.3) is 0 Å². The quantitative estimate of drug-likeness (QED) is 0.206. The molecule has 6 N–H and O–H groups in total. The van der Waals surface area contributed by atoms with Crippen LogP contribution in [-0.4, -0.2) is 56.0 Å². The minimum Gasteiger partial charge on any atom is -0.504 e. The number of ether oxygens (including phenoxy) is 1. The maximum Gasteiger partial charge on any atom is 0.346 e. The van der Waals surface area contributed by atoms with Gasteiger partial charge in [0.05, 0.1) is 6.54 Å². The van der Waals surface area contributed by atoms with Crippen molar-refractivity contribution >= 4 is 30.0 Å². The van der Waals surface area contributed by atoms with Gasteiger partial charge in [-0.15, -0.1) is 0 Å². The molecule has 0 heterocycles. The highest BCUT2D eigenvalue weighted by atomic mass is 16.6. The van der Waals surface area contributed by atoms with E-state index in [0.717, 1.165) is 12.2 Å². The zero-order valence-electron chi connectivity index (χ0n) is 15.9. The number of aromatic hydroxyl groups is 4. The molecule has 2 rings (SSSR count). The average molecular weight is 429 g/mol. The highest BCUT2D eigenvalue weighted by Gasteiger charge is 2.21. The number of carbonyl (C=O) groups is 3. The standard InChI is InChI=1S/C21H19NO9/c23-14-5-1-12(9-16(14)25)3-7-19(27)22-11-18(21(29)30)31-20(28)8-4-13-2-6-15(24)17(26)10-13/h1-10,18,23-26H,11H2,(H,22,27)(H,29,30)/b7-3+,8-4+. The Morgan fingerprint density at radius 3 is 1.84 bits per heavy atom. The summed E-state index contributed by atoms with van der Waals surface area (Å²) in [5.41, 5.74) is 0.773. The van der Waals surface area contributed by atoms with Gasteiger partial charge < -0.3 is 35.6 Å². The molecule has 10 nitrogen and oxygen atoms in total. The minimum atomic E-state index is -1.65. The van der Waals surface area contributed by atoms with Crippen molar-refractivity contribution in [3.63, 3.8) is 0 Å². The number of hydrogen-bond donors (Lipinski definition) is 6. The molecule has 0 aliphatic rings. The molecular weight excluding hydrogens is 410 g/mol. The van der Waals surface area contributed by atoms with Crippen LogP contribution >= 0.6 is 0 Å². The van der Waals surface area contributed by atoms with E-state index in [0.29, 0.717) is 11.1 Å². The Labute approximate surface area is 176 Å². The Morgan fingerprint density at radius 1 is 0.839 bits per heavy atom. The number of hydrogen-bond acceptors (Lipinski definition) is 8. The number of benzene rings is 2. The summed E-state index contributed by atoms with van der Waals surface area (Å²) >= 11 is 0. The van der Waals surface area contributed by atoms with E-state index in [9.17, 15) is 34.8 Å². The molecule has 1 atom stereocenters. The van der Waals surface area contributed by atoms with Gasteiger partial charge in [-0.05, 0) is 47.5 Å². The van der Waals surface area contributed by atoms with E-state index in [1.165, 1.54) is 48.6 Å². The van der Waals surface area contributed by atoms with Crippen LogP contribution in [0.4, 0.5) is 0 Å². The van der Waals surface area contributed by atoms with Crippen molar-refractivity contribution in [2.75, 3.05) is 6.54 Å². The first-order chi connectivity index (χ1) is 14.7. The van der Waals surface area contributed by atoms with E-state index in [2.05, 4.69) is 5.32 Å². The molecule has 0 saturated carbocycles. The molecule has 0 aromatic heterocycles. The highest BCUT2D eigenvalue weighted by molar-refractivity contribution is 5.92. The van der Waals surface area contributed by atoms with Gasteiger partial charge in [-0.25, -0.2) is 9.59 Å². The van der Waals surface area contributed by atoms with Crippen molar-refractivity contribution in [1.82, 2.24) is 5.32 Å². The van der Waals surface area contributed by atoms with Crippen LogP contribution in [0.1, 0.15) is 11.1 Å². The lowest BCUT2D eigenvalue weighted by Gasteiger charge is -2.12. The molecule has 2 aromatic carbocycles. The molecule has 1 amide bonds. The summed E-state index contributed by atoms with van der Waals surface area (Å²) in [4.78, 5) is 35.0. The summed E-state index contributed by atoms with van der Waals surface area (Å²) in [6.45, 7) is -0.501. The summed E-state index contributed by atoms with van der Waals surface area (Å²) in [6.07, 6.45) is 2.92. The van der Waals surface area contributed by atoms with Crippen LogP contribution in [0.25, 0.3) is 12.2 Å². The molecule has 0 bridgehead atoms. The van der Waals surface area contributed by atoms with E-state index < -0.39 is 36.2 Å². The van der Waals surface area contributed by atoms with Gasteiger partial charge in [0.15, 0.2) is 23.0 Å². The maximum atomic E-state index is 11.8. The summed E-state index contributed by atoms with van der Waals surface area (Å²) < 4.78 is 4.79. The number of carboxylic acids is 1. The summed E-state index contributed by atoms with van der Waals surface area (Å²) in [5.74, 6) is -4.55. The number of carboxylic acid groups (broad SMARTS) is 1. The molecular formula is C21H19NO9. The molecule has 162 valence electrons. The molecule has 10 heteroatoms. The van der Waals surface area contributed by atoms with Crippen molar-refractivity contribution in [1.29, 1.82) is 0 Å². The van der Waals surface area contributed by atoms with E-state index in [1.807, 2.05) is 0 Å². The lowest BCUT2D eigenvalue weighted by atomic mass is 10.2. The van der Waals surface area contributed by atoms with Gasteiger partial charge >= 0.3 is 11.9 Å². The molecule has 0 radical (unpaired) electrons. The second kappa shape index (κ2) is 10.3. The fraction of sp³-hybridized carbons (Fsp3) is 0.0952. The fourth-order valence-corrected chi connectivity index (χ4v) is 2.24. The van der Waals surface area contributed by atoms with Gasteiger partial charge in [-0.3, -0.25) is 4.79 Å². The van der Waals surface area contributed by atoms with E-state index >= 15 is 0 Å². The molecule has 0 aliphatic heterocycles. The number of carbonyl (C=O) groups excluding carboxylic acids is 2. The molecule has 2 aromatic rings. The van der Waals surface area contributed by atoms with Crippen LogP contribution < -0.4 is 5.32 Å². The Kier molecular flexibility index (Phi) is 7.62. The molecule has 0 fully saturated rings. The molecule has 0 spiro atoms. The Morgan fingerprint density at radius 2 is 1.35 bits per heavy atom. The van der Waals surface area contributed by atoms with Crippen molar-refractivity contribution in [2.45, 2.75) is 6.10 Å². The SMILES string of the molecule is O=C(/C=C/c1ccc(O)c(O)c1)NCC(OC(=O)/C=C/c1ccc(O)c(O)c1)C(=O)O. The molecule has 0 aliphatic carbocycles. The van der Waals surface area contributed by atoms with Crippen LogP contribution in [0.2, 0.25) is 0 Å². The Balaban J connectivity index is 1.90. The third-order valence-electron chi connectivity index (χ3n) is 3.83. The third-order valence-corrected chi connectivity index (χ3v) is 3.83. The first-order valence-corrected chi connectivity index (χ1v) is 8.77. The number of amides is 1. The fourth-order valence-electron chi connectivity index (χ4n) is 2.24. The Bertz CT molecular complexity index is 1040. The predicted molar refractivity (Wildman–Crippen MR) is 108 cm³/mol. The van der Waals surface area contributed by atoms with Crippen LogP contribution in [0.15, 0.2) is 48.6 Å². The summed E-state index contributed by atoms with van der Waals surface area (Å²) in [7, 11) is 0. The average Bonchev–Trinajstić information content (AvgIpc) is 2.72. The van der Waals surface area contributed by atoms with E-state index in [-0.39, 0.29) is 17.2 Å². The topological polar surface area (TPSA) is 174 Å². The lowest BCUT2D eigenvalue weighted by Crippen LogP contribution is -2.38. The van der Waals surface area contributed by atoms with E-state index in [1.54, 1.807) is 0 Å². The van der Waals surface area contributed by atoms with Gasteiger partial charge in [0.1, 0.15) is 0 Å². The molecule has 1 unspecified atom stereocenters. The maximum absolute atomic E-state index is 11.8. The number of phenolic OH excluding ortho intramolecular Hbond substituents is 4. The summed E-state index contributed by atoms with van der Waals surface area (Å²) in [5, 5.41) is 48.7. The van der Waals surface area contributed by atoms with Crippen LogP contribution in [0.5, 0.6) is 23.0 Å². The number of phenols is 4. The largest absolute Gasteiger partial charge is 0.504 e. The second-order valence-electron chi connectivity index (χ2n) is 6.17. The third kappa shape index (κ3) is 7.13. The zero-order valence-corrected chi connectivity index (χ0v) is 15.9. The molecule has 31 heavy (non-hydrogen) atoms. The first kappa shape index (κ1) is 22.8. The lowest BCUT2D eigenvalue weighted by molar-refractivity contribution is -0.160. The van der Waals surface area contributed by atoms with Gasteiger partial charge in [-0.1, -0.05) is 12.1 Å². The van der Waals surface area contributed by atoms with Crippen molar-refractivity contribution in [3.05, 3.63) is 59.7 Å². The minimum absolute atomic E-state index is 0.316. The second-order valence-corrected chi connectivity index (χ2v) is 6.17. The van der Waals surface area contributed by atoms with Gasteiger partial charge in [0, 0.05) is 12.2 Å². The van der Waals surface area contributed by atoms with E-state index in [4.69, 9.17) is 9.84 Å². The molecule has 0 saturated heterocycles. The van der Waals surface area contributed by atoms with Crippen LogP contribution in [-0.2, 0) is 19.1 Å². The number of esters is 1. The van der Waals surface area contributed by atoms with Crippen molar-refractivity contribution in [2.24, 2.45) is 0 Å². The van der Waals surface area contributed by atoms with Crippen molar-refractivity contribution < 1.29 is 44.7 Å². The van der Waals surface area contributed by atoms with Gasteiger partial charge in [0.2, 0.25) is 12.0 Å². The van der Waals surface area contributed by atoms with Crippen molar-refractivity contribution in [3.8, 4) is 23.0 Å². The smallest absolute Gasteiger partial charge is 0.346 e.